The Bertz CT molecular complexity index is 391. The van der Waals surface area contributed by atoms with Crippen molar-refractivity contribution in [1.29, 1.82) is 0 Å². The molecule has 0 unspecified atom stereocenters. The highest BCUT2D eigenvalue weighted by atomic mass is 16.5. The Balaban J connectivity index is 2.78. The first kappa shape index (κ1) is 12.4. The molecule has 0 aliphatic carbocycles. The molecule has 0 spiro atoms. The van der Waals surface area contributed by atoms with Crippen LogP contribution in [-0.2, 0) is 6.42 Å². The van der Waals surface area contributed by atoms with Gasteiger partial charge >= 0.3 is 0 Å². The monoisotopic (exact) mass is 219 g/mol. The van der Waals surface area contributed by atoms with Crippen LogP contribution in [0.25, 0.3) is 0 Å². The molecule has 1 aromatic carbocycles. The molecule has 0 saturated heterocycles. The Morgan fingerprint density at radius 3 is 2.75 bits per heavy atom. The van der Waals surface area contributed by atoms with E-state index in [9.17, 15) is 0 Å². The average Bonchev–Trinajstić information content (AvgIpc) is 2.31. The third-order valence-corrected chi connectivity index (χ3v) is 2.14. The molecule has 0 radical (unpaired) electrons. The van der Waals surface area contributed by atoms with Gasteiger partial charge in [-0.3, -0.25) is 0 Å². The molecule has 0 atom stereocenters. The molecule has 16 heavy (non-hydrogen) atoms. The molecule has 0 heterocycles. The highest BCUT2D eigenvalue weighted by Crippen LogP contribution is 2.27. The van der Waals surface area contributed by atoms with Gasteiger partial charge in [-0.2, -0.15) is 0 Å². The Kier molecular flexibility index (Phi) is 5.24. The lowest BCUT2D eigenvalue weighted by Gasteiger charge is -2.10. The lowest BCUT2D eigenvalue weighted by Crippen LogP contribution is -2.03. The van der Waals surface area contributed by atoms with Gasteiger partial charge in [-0.1, -0.05) is 12.0 Å². The van der Waals surface area contributed by atoms with Crippen LogP contribution in [0, 0.1) is 11.8 Å². The quantitative estimate of drug-likeness (QED) is 0.765. The van der Waals surface area contributed by atoms with Crippen molar-refractivity contribution < 1.29 is 9.47 Å². The van der Waals surface area contributed by atoms with Crippen LogP contribution in [0.4, 0.5) is 0 Å². The second-order valence-electron chi connectivity index (χ2n) is 3.24. The molecule has 0 fully saturated rings. The lowest BCUT2D eigenvalue weighted by molar-refractivity contribution is 0.330. The minimum atomic E-state index is 0.378. The molecule has 3 heteroatoms. The molecule has 0 bridgehead atoms. The van der Waals surface area contributed by atoms with Gasteiger partial charge < -0.3 is 15.2 Å². The second-order valence-corrected chi connectivity index (χ2v) is 3.24. The Morgan fingerprint density at radius 1 is 1.31 bits per heavy atom. The molecule has 3 nitrogen and oxygen atoms in total. The Hall–Kier alpha value is -1.66. The highest BCUT2D eigenvalue weighted by Gasteiger charge is 2.04. The second kappa shape index (κ2) is 6.76. The minimum absolute atomic E-state index is 0.378. The average molecular weight is 219 g/mol. The van der Waals surface area contributed by atoms with Crippen molar-refractivity contribution in [2.45, 2.75) is 13.3 Å². The summed E-state index contributed by atoms with van der Waals surface area (Å²) in [4.78, 5) is 0. The fourth-order valence-corrected chi connectivity index (χ4v) is 1.34. The van der Waals surface area contributed by atoms with E-state index >= 15 is 0 Å². The zero-order valence-electron chi connectivity index (χ0n) is 9.75. The number of hydrogen-bond donors (Lipinski definition) is 1. The first-order valence-corrected chi connectivity index (χ1v) is 5.21. The summed E-state index contributed by atoms with van der Waals surface area (Å²) in [6, 6.07) is 5.83. The van der Waals surface area contributed by atoms with Gasteiger partial charge in [0, 0.05) is 0 Å². The van der Waals surface area contributed by atoms with Crippen LogP contribution in [0.15, 0.2) is 18.2 Å². The van der Waals surface area contributed by atoms with Gasteiger partial charge in [0.2, 0.25) is 0 Å². The third-order valence-electron chi connectivity index (χ3n) is 2.14. The lowest BCUT2D eigenvalue weighted by atomic mass is 10.1. The summed E-state index contributed by atoms with van der Waals surface area (Å²) in [6.07, 6.45) is 0.839. The molecule has 0 aromatic heterocycles. The van der Waals surface area contributed by atoms with E-state index in [1.54, 1.807) is 14.0 Å². The number of ether oxygens (including phenoxy) is 2. The van der Waals surface area contributed by atoms with Crippen molar-refractivity contribution in [3.63, 3.8) is 0 Å². The first-order chi connectivity index (χ1) is 7.81. The SMILES string of the molecule is CC#CCOc1ccc(CCN)cc1OC. The van der Waals surface area contributed by atoms with Crippen LogP contribution in [0.2, 0.25) is 0 Å². The van der Waals surface area contributed by atoms with Gasteiger partial charge in [0.1, 0.15) is 6.61 Å². The maximum Gasteiger partial charge on any atom is 0.162 e. The van der Waals surface area contributed by atoms with Gasteiger partial charge in [-0.05, 0) is 37.6 Å². The Morgan fingerprint density at radius 2 is 2.12 bits per heavy atom. The predicted octanol–water partition coefficient (Wildman–Crippen LogP) is 1.60. The van der Waals surface area contributed by atoms with Crippen molar-refractivity contribution >= 4 is 0 Å². The summed E-state index contributed by atoms with van der Waals surface area (Å²) < 4.78 is 10.7. The van der Waals surface area contributed by atoms with E-state index in [2.05, 4.69) is 11.8 Å². The fourth-order valence-electron chi connectivity index (χ4n) is 1.34. The standard InChI is InChI=1S/C13H17NO2/c1-3-4-9-16-12-6-5-11(7-8-14)10-13(12)15-2/h5-6,10H,7-9,14H2,1-2H3. The van der Waals surface area contributed by atoms with Crippen molar-refractivity contribution in [3.8, 4) is 23.3 Å². The number of methoxy groups -OCH3 is 1. The van der Waals surface area contributed by atoms with Crippen LogP contribution >= 0.6 is 0 Å². The first-order valence-electron chi connectivity index (χ1n) is 5.21. The van der Waals surface area contributed by atoms with Crippen LogP contribution < -0.4 is 15.2 Å². The maximum absolute atomic E-state index is 5.50. The molecule has 0 saturated carbocycles. The van der Waals surface area contributed by atoms with E-state index < -0.39 is 0 Å². The summed E-state index contributed by atoms with van der Waals surface area (Å²) in [5.41, 5.74) is 6.64. The van der Waals surface area contributed by atoms with Crippen LogP contribution in [-0.4, -0.2) is 20.3 Å². The summed E-state index contributed by atoms with van der Waals surface area (Å²) in [5, 5.41) is 0. The van der Waals surface area contributed by atoms with E-state index in [1.165, 1.54) is 0 Å². The summed E-state index contributed by atoms with van der Waals surface area (Å²) in [7, 11) is 1.62. The van der Waals surface area contributed by atoms with Crippen LogP contribution in [0.1, 0.15) is 12.5 Å². The largest absolute Gasteiger partial charge is 0.493 e. The van der Waals surface area contributed by atoms with Crippen molar-refractivity contribution in [1.82, 2.24) is 0 Å². The van der Waals surface area contributed by atoms with E-state index in [0.29, 0.717) is 18.9 Å². The van der Waals surface area contributed by atoms with Gasteiger partial charge in [0.15, 0.2) is 11.5 Å². The normalized spacial score (nSPS) is 9.19. The van der Waals surface area contributed by atoms with Gasteiger partial charge in [0.05, 0.1) is 7.11 Å². The zero-order chi connectivity index (χ0) is 11.8. The number of nitrogens with two attached hydrogens (primary N) is 1. The smallest absolute Gasteiger partial charge is 0.162 e. The molecular weight excluding hydrogens is 202 g/mol. The molecule has 86 valence electrons. The van der Waals surface area contributed by atoms with E-state index in [1.807, 2.05) is 18.2 Å². The van der Waals surface area contributed by atoms with E-state index in [0.717, 1.165) is 17.7 Å². The zero-order valence-corrected chi connectivity index (χ0v) is 9.75. The van der Waals surface area contributed by atoms with Gasteiger partial charge in [-0.25, -0.2) is 0 Å². The Labute approximate surface area is 96.6 Å². The van der Waals surface area contributed by atoms with Gasteiger partial charge in [-0.15, -0.1) is 5.92 Å². The van der Waals surface area contributed by atoms with Crippen LogP contribution in [0.5, 0.6) is 11.5 Å². The molecule has 2 N–H and O–H groups in total. The number of benzene rings is 1. The molecule has 0 amide bonds. The molecule has 0 aliphatic heterocycles. The maximum atomic E-state index is 5.50. The predicted molar refractivity (Wildman–Crippen MR) is 64.7 cm³/mol. The molecule has 1 rings (SSSR count). The van der Waals surface area contributed by atoms with Gasteiger partial charge in [0.25, 0.3) is 0 Å². The van der Waals surface area contributed by atoms with E-state index in [4.69, 9.17) is 15.2 Å². The van der Waals surface area contributed by atoms with Crippen molar-refractivity contribution in [2.24, 2.45) is 5.73 Å². The molecular formula is C13H17NO2. The molecule has 0 aliphatic rings. The highest BCUT2D eigenvalue weighted by molar-refractivity contribution is 5.43. The summed E-state index contributed by atoms with van der Waals surface area (Å²) in [6.45, 7) is 2.79. The van der Waals surface area contributed by atoms with Crippen molar-refractivity contribution in [3.05, 3.63) is 23.8 Å². The van der Waals surface area contributed by atoms with Crippen LogP contribution in [0.3, 0.4) is 0 Å². The number of hydrogen-bond acceptors (Lipinski definition) is 3. The number of rotatable bonds is 5. The van der Waals surface area contributed by atoms with E-state index in [-0.39, 0.29) is 0 Å². The molecule has 1 aromatic rings. The fraction of sp³-hybridized carbons (Fsp3) is 0.385. The topological polar surface area (TPSA) is 44.5 Å². The summed E-state index contributed by atoms with van der Waals surface area (Å²) in [5.74, 6) is 7.05. The van der Waals surface area contributed by atoms with Crippen molar-refractivity contribution in [2.75, 3.05) is 20.3 Å². The summed E-state index contributed by atoms with van der Waals surface area (Å²) >= 11 is 0. The third kappa shape index (κ3) is 3.48. The minimum Gasteiger partial charge on any atom is -0.493 e.